The summed E-state index contributed by atoms with van der Waals surface area (Å²) in [5.74, 6) is -0.0164. The van der Waals surface area contributed by atoms with E-state index in [1.165, 1.54) is 7.11 Å². The first-order valence-corrected chi connectivity index (χ1v) is 8.78. The summed E-state index contributed by atoms with van der Waals surface area (Å²) < 4.78 is 16.0. The molecule has 0 radical (unpaired) electrons. The molecule has 0 N–H and O–H groups in total. The van der Waals surface area contributed by atoms with Gasteiger partial charge in [-0.15, -0.1) is 0 Å². The first-order chi connectivity index (χ1) is 11.2. The normalized spacial score (nSPS) is 24.6. The van der Waals surface area contributed by atoms with Crippen molar-refractivity contribution in [1.29, 1.82) is 0 Å². The standard InChI is InChI=1S/C18H28O5/c1-21-16(19)9-5-3-2-4-8-14-11-12-15(18(14)20)23-17-10-6-7-13-22-17/h11,15,17H,2-10,12-13H2,1H3. The van der Waals surface area contributed by atoms with E-state index in [1.807, 2.05) is 6.08 Å². The van der Waals surface area contributed by atoms with Crippen LogP contribution in [0.2, 0.25) is 0 Å². The van der Waals surface area contributed by atoms with Crippen molar-refractivity contribution in [2.75, 3.05) is 13.7 Å². The molecule has 1 aliphatic heterocycles. The van der Waals surface area contributed by atoms with Gasteiger partial charge >= 0.3 is 5.97 Å². The molecule has 1 aliphatic carbocycles. The van der Waals surface area contributed by atoms with Gasteiger partial charge in [0.05, 0.1) is 7.11 Å². The van der Waals surface area contributed by atoms with Crippen LogP contribution in [0.1, 0.15) is 64.2 Å². The quantitative estimate of drug-likeness (QED) is 0.481. The number of hydrogen-bond donors (Lipinski definition) is 0. The van der Waals surface area contributed by atoms with E-state index in [4.69, 9.17) is 9.47 Å². The van der Waals surface area contributed by atoms with Crippen LogP contribution in [0.3, 0.4) is 0 Å². The maximum atomic E-state index is 12.3. The van der Waals surface area contributed by atoms with Crippen LogP contribution in [0.15, 0.2) is 11.6 Å². The molecule has 2 unspecified atom stereocenters. The first kappa shape index (κ1) is 18.1. The van der Waals surface area contributed by atoms with Crippen molar-refractivity contribution >= 4 is 11.8 Å². The number of methoxy groups -OCH3 is 1. The smallest absolute Gasteiger partial charge is 0.305 e. The Morgan fingerprint density at radius 2 is 2.09 bits per heavy atom. The van der Waals surface area contributed by atoms with Crippen LogP contribution in [0, 0.1) is 0 Å². The zero-order chi connectivity index (χ0) is 16.5. The molecule has 0 spiro atoms. The van der Waals surface area contributed by atoms with Crippen LogP contribution in [0.5, 0.6) is 0 Å². The Bertz CT molecular complexity index is 423. The Hall–Kier alpha value is -1.20. The summed E-state index contributed by atoms with van der Waals surface area (Å²) >= 11 is 0. The number of ether oxygens (including phenoxy) is 3. The number of unbranched alkanes of at least 4 members (excludes halogenated alkanes) is 3. The zero-order valence-corrected chi connectivity index (χ0v) is 14.1. The molecule has 5 nitrogen and oxygen atoms in total. The SMILES string of the molecule is COC(=O)CCCCCCC1=CCC(OC2CCCCO2)C1=O. The molecule has 0 amide bonds. The number of rotatable bonds is 9. The van der Waals surface area contributed by atoms with Crippen molar-refractivity contribution in [3.63, 3.8) is 0 Å². The summed E-state index contributed by atoms with van der Waals surface area (Å²) in [5, 5.41) is 0. The summed E-state index contributed by atoms with van der Waals surface area (Å²) in [7, 11) is 1.41. The lowest BCUT2D eigenvalue weighted by molar-refractivity contribution is -0.188. The lowest BCUT2D eigenvalue weighted by Crippen LogP contribution is -2.31. The van der Waals surface area contributed by atoms with E-state index in [0.29, 0.717) is 12.8 Å². The second kappa shape index (κ2) is 9.83. The van der Waals surface area contributed by atoms with E-state index >= 15 is 0 Å². The van der Waals surface area contributed by atoms with E-state index in [2.05, 4.69) is 4.74 Å². The number of hydrogen-bond acceptors (Lipinski definition) is 5. The third-order valence-corrected chi connectivity index (χ3v) is 4.45. The van der Waals surface area contributed by atoms with Crippen LogP contribution in [0.4, 0.5) is 0 Å². The van der Waals surface area contributed by atoms with Gasteiger partial charge in [0.2, 0.25) is 0 Å². The highest BCUT2D eigenvalue weighted by Gasteiger charge is 2.30. The van der Waals surface area contributed by atoms with E-state index in [1.54, 1.807) is 0 Å². The van der Waals surface area contributed by atoms with Gasteiger partial charge in [-0.2, -0.15) is 0 Å². The average molecular weight is 324 g/mol. The van der Waals surface area contributed by atoms with E-state index in [0.717, 1.165) is 63.5 Å². The van der Waals surface area contributed by atoms with Gasteiger partial charge in [-0.1, -0.05) is 18.9 Å². The fourth-order valence-corrected chi connectivity index (χ4v) is 3.05. The van der Waals surface area contributed by atoms with Crippen molar-refractivity contribution in [1.82, 2.24) is 0 Å². The minimum Gasteiger partial charge on any atom is -0.469 e. The van der Waals surface area contributed by atoms with Gasteiger partial charge < -0.3 is 14.2 Å². The molecule has 0 aromatic rings. The van der Waals surface area contributed by atoms with Crippen LogP contribution in [0.25, 0.3) is 0 Å². The van der Waals surface area contributed by atoms with Crippen LogP contribution < -0.4 is 0 Å². The molecule has 1 fully saturated rings. The Morgan fingerprint density at radius 3 is 2.83 bits per heavy atom. The zero-order valence-electron chi connectivity index (χ0n) is 14.1. The summed E-state index contributed by atoms with van der Waals surface area (Å²) in [6, 6.07) is 0. The minimum atomic E-state index is -0.340. The molecule has 0 bridgehead atoms. The summed E-state index contributed by atoms with van der Waals surface area (Å²) in [5.41, 5.74) is 0.902. The molecule has 23 heavy (non-hydrogen) atoms. The Kier molecular flexibility index (Phi) is 7.76. The third-order valence-electron chi connectivity index (χ3n) is 4.45. The molecule has 1 saturated heterocycles. The van der Waals surface area contributed by atoms with Crippen LogP contribution >= 0.6 is 0 Å². The lowest BCUT2D eigenvalue weighted by Gasteiger charge is -2.25. The molecular weight excluding hydrogens is 296 g/mol. The molecular formula is C18H28O5. The van der Waals surface area contributed by atoms with Gasteiger partial charge in [0.1, 0.15) is 6.10 Å². The van der Waals surface area contributed by atoms with E-state index in [-0.39, 0.29) is 24.1 Å². The molecule has 2 aliphatic rings. The molecule has 0 aromatic heterocycles. The first-order valence-electron chi connectivity index (χ1n) is 8.78. The van der Waals surface area contributed by atoms with Gasteiger partial charge in [0.15, 0.2) is 12.1 Å². The summed E-state index contributed by atoms with van der Waals surface area (Å²) in [6.07, 6.45) is 10.4. The van der Waals surface area contributed by atoms with Gasteiger partial charge in [0.25, 0.3) is 0 Å². The number of ketones is 1. The Balaban J connectivity index is 1.58. The summed E-state index contributed by atoms with van der Waals surface area (Å²) in [4.78, 5) is 23.3. The largest absolute Gasteiger partial charge is 0.469 e. The van der Waals surface area contributed by atoms with E-state index < -0.39 is 0 Å². The number of esters is 1. The maximum Gasteiger partial charge on any atom is 0.305 e. The molecule has 0 saturated carbocycles. The van der Waals surface area contributed by atoms with Crippen LogP contribution in [-0.4, -0.2) is 37.9 Å². The van der Waals surface area contributed by atoms with Gasteiger partial charge in [-0.3, -0.25) is 9.59 Å². The van der Waals surface area contributed by atoms with Crippen molar-refractivity contribution < 1.29 is 23.8 Å². The predicted molar refractivity (Wildman–Crippen MR) is 85.9 cm³/mol. The van der Waals surface area contributed by atoms with E-state index in [9.17, 15) is 9.59 Å². The third kappa shape index (κ3) is 6.07. The van der Waals surface area contributed by atoms with Gasteiger partial charge in [0, 0.05) is 13.0 Å². The predicted octanol–water partition coefficient (Wildman–Crippen LogP) is 3.31. The molecule has 0 aromatic carbocycles. The number of carbonyl (C=O) groups excluding carboxylic acids is 2. The second-order valence-corrected chi connectivity index (χ2v) is 6.24. The highest BCUT2D eigenvalue weighted by Crippen LogP contribution is 2.26. The topological polar surface area (TPSA) is 61.8 Å². The highest BCUT2D eigenvalue weighted by molar-refractivity contribution is 6.01. The highest BCUT2D eigenvalue weighted by atomic mass is 16.7. The van der Waals surface area contributed by atoms with Crippen molar-refractivity contribution in [3.05, 3.63) is 11.6 Å². The van der Waals surface area contributed by atoms with Crippen molar-refractivity contribution in [2.24, 2.45) is 0 Å². The number of carbonyl (C=O) groups is 2. The van der Waals surface area contributed by atoms with Crippen LogP contribution in [-0.2, 0) is 23.8 Å². The molecule has 130 valence electrons. The fourth-order valence-electron chi connectivity index (χ4n) is 3.05. The Morgan fingerprint density at radius 1 is 1.26 bits per heavy atom. The second-order valence-electron chi connectivity index (χ2n) is 6.24. The lowest BCUT2D eigenvalue weighted by atomic mass is 10.0. The Labute approximate surface area is 138 Å². The van der Waals surface area contributed by atoms with Gasteiger partial charge in [-0.05, 0) is 50.5 Å². The average Bonchev–Trinajstić information content (AvgIpc) is 2.92. The van der Waals surface area contributed by atoms with Gasteiger partial charge in [-0.25, -0.2) is 0 Å². The number of Topliss-reactive ketones (excluding diaryl/α,β-unsaturated/α-hetero) is 1. The minimum absolute atomic E-state index is 0.133. The monoisotopic (exact) mass is 324 g/mol. The maximum absolute atomic E-state index is 12.3. The molecule has 2 atom stereocenters. The fraction of sp³-hybridized carbons (Fsp3) is 0.778. The molecule has 1 heterocycles. The van der Waals surface area contributed by atoms with Crippen molar-refractivity contribution in [3.8, 4) is 0 Å². The molecule has 2 rings (SSSR count). The summed E-state index contributed by atoms with van der Waals surface area (Å²) in [6.45, 7) is 0.734. The van der Waals surface area contributed by atoms with Crippen molar-refractivity contribution in [2.45, 2.75) is 76.6 Å². The molecule has 5 heteroatoms.